The van der Waals surface area contributed by atoms with Crippen molar-refractivity contribution in [2.75, 3.05) is 0 Å². The Kier molecular flexibility index (Phi) is 3.35. The normalized spacial score (nSPS) is 9.88. The van der Waals surface area contributed by atoms with Crippen LogP contribution in [-0.4, -0.2) is 16.1 Å². The van der Waals surface area contributed by atoms with E-state index in [4.69, 9.17) is 9.84 Å². The second-order valence-electron chi connectivity index (χ2n) is 3.48. The number of carbonyl (C=O) groups is 1. The number of hydrogen-bond acceptors (Lipinski definition) is 3. The monoisotopic (exact) mass is 229 g/mol. The lowest BCUT2D eigenvalue weighted by atomic mass is 10.1. The summed E-state index contributed by atoms with van der Waals surface area (Å²) in [5.74, 6) is -0.276. The Balaban J connectivity index is 2.04. The highest BCUT2D eigenvalue weighted by atomic mass is 16.5. The smallest absolute Gasteiger partial charge is 0.335 e. The van der Waals surface area contributed by atoms with Gasteiger partial charge in [0.05, 0.1) is 11.8 Å². The van der Waals surface area contributed by atoms with Crippen LogP contribution in [0.5, 0.6) is 5.75 Å². The molecule has 0 aliphatic heterocycles. The maximum atomic E-state index is 10.8. The predicted octanol–water partition coefficient (Wildman–Crippen LogP) is 2.36. The molecule has 4 heteroatoms. The Morgan fingerprint density at radius 1 is 1.29 bits per heavy atom. The molecule has 2 rings (SSSR count). The van der Waals surface area contributed by atoms with Crippen LogP contribution >= 0.6 is 0 Å². The van der Waals surface area contributed by atoms with Crippen molar-refractivity contribution in [3.63, 3.8) is 0 Å². The molecule has 86 valence electrons. The van der Waals surface area contributed by atoms with E-state index in [0.29, 0.717) is 12.4 Å². The summed E-state index contributed by atoms with van der Waals surface area (Å²) in [6, 6.07) is 10.2. The Morgan fingerprint density at radius 2 is 2.18 bits per heavy atom. The van der Waals surface area contributed by atoms with Gasteiger partial charge in [-0.1, -0.05) is 12.1 Å². The summed E-state index contributed by atoms with van der Waals surface area (Å²) < 4.78 is 5.47. The van der Waals surface area contributed by atoms with E-state index in [1.54, 1.807) is 42.7 Å². The number of pyridine rings is 1. The van der Waals surface area contributed by atoms with Crippen LogP contribution in [0, 0.1) is 0 Å². The SMILES string of the molecule is O=C(O)c1cccc(COc2cccnc2)c1. The van der Waals surface area contributed by atoms with Crippen molar-refractivity contribution in [2.45, 2.75) is 6.61 Å². The van der Waals surface area contributed by atoms with Crippen LogP contribution in [0.25, 0.3) is 0 Å². The summed E-state index contributed by atoms with van der Waals surface area (Å²) >= 11 is 0. The number of rotatable bonds is 4. The average Bonchev–Trinajstić information content (AvgIpc) is 2.38. The molecule has 2 aromatic rings. The molecular weight excluding hydrogens is 218 g/mol. The first-order valence-corrected chi connectivity index (χ1v) is 5.11. The molecule has 17 heavy (non-hydrogen) atoms. The number of carboxylic acid groups (broad SMARTS) is 1. The van der Waals surface area contributed by atoms with Gasteiger partial charge in [-0.2, -0.15) is 0 Å². The van der Waals surface area contributed by atoms with Gasteiger partial charge in [-0.05, 0) is 29.8 Å². The van der Waals surface area contributed by atoms with E-state index in [0.717, 1.165) is 5.56 Å². The number of hydrogen-bond donors (Lipinski definition) is 1. The molecule has 0 saturated heterocycles. The van der Waals surface area contributed by atoms with Gasteiger partial charge in [0.25, 0.3) is 0 Å². The van der Waals surface area contributed by atoms with Crippen LogP contribution in [0.15, 0.2) is 48.8 Å². The second-order valence-corrected chi connectivity index (χ2v) is 3.48. The summed E-state index contributed by atoms with van der Waals surface area (Å²) in [5.41, 5.74) is 1.08. The Hall–Kier alpha value is -2.36. The molecule has 0 unspecified atom stereocenters. The van der Waals surface area contributed by atoms with Gasteiger partial charge >= 0.3 is 5.97 Å². The lowest BCUT2D eigenvalue weighted by molar-refractivity contribution is 0.0696. The number of aromatic nitrogens is 1. The van der Waals surface area contributed by atoms with E-state index in [2.05, 4.69) is 4.98 Å². The van der Waals surface area contributed by atoms with E-state index in [1.165, 1.54) is 0 Å². The number of benzene rings is 1. The fraction of sp³-hybridized carbons (Fsp3) is 0.0769. The van der Waals surface area contributed by atoms with Crippen molar-refractivity contribution in [3.05, 3.63) is 59.9 Å². The molecule has 1 aromatic heterocycles. The van der Waals surface area contributed by atoms with Gasteiger partial charge in [-0.3, -0.25) is 4.98 Å². The van der Waals surface area contributed by atoms with Gasteiger partial charge in [0.1, 0.15) is 12.4 Å². The largest absolute Gasteiger partial charge is 0.487 e. The third-order valence-electron chi connectivity index (χ3n) is 2.21. The zero-order valence-electron chi connectivity index (χ0n) is 9.04. The summed E-state index contributed by atoms with van der Waals surface area (Å²) in [5, 5.41) is 8.84. The van der Waals surface area contributed by atoms with Crippen molar-refractivity contribution in [1.29, 1.82) is 0 Å². The predicted molar refractivity (Wildman–Crippen MR) is 62.0 cm³/mol. The quantitative estimate of drug-likeness (QED) is 0.874. The first kappa shape index (κ1) is 11.1. The fourth-order valence-corrected chi connectivity index (χ4v) is 1.39. The molecular formula is C13H11NO3. The highest BCUT2D eigenvalue weighted by molar-refractivity contribution is 5.87. The molecule has 0 bridgehead atoms. The highest BCUT2D eigenvalue weighted by Crippen LogP contribution is 2.11. The standard InChI is InChI=1S/C13H11NO3/c15-13(16)11-4-1-3-10(7-11)9-17-12-5-2-6-14-8-12/h1-8H,9H2,(H,15,16). The maximum Gasteiger partial charge on any atom is 0.335 e. The van der Waals surface area contributed by atoms with Gasteiger partial charge < -0.3 is 9.84 Å². The van der Waals surface area contributed by atoms with Crippen LogP contribution in [0.4, 0.5) is 0 Å². The zero-order chi connectivity index (χ0) is 12.1. The molecule has 0 atom stereocenters. The lowest BCUT2D eigenvalue weighted by Gasteiger charge is -2.06. The van der Waals surface area contributed by atoms with Gasteiger partial charge in [-0.15, -0.1) is 0 Å². The number of carboxylic acids is 1. The molecule has 0 spiro atoms. The zero-order valence-corrected chi connectivity index (χ0v) is 9.04. The third-order valence-corrected chi connectivity index (χ3v) is 2.21. The second kappa shape index (κ2) is 5.12. The minimum Gasteiger partial charge on any atom is -0.487 e. The molecule has 0 aliphatic carbocycles. The lowest BCUT2D eigenvalue weighted by Crippen LogP contribution is -2.00. The first-order chi connectivity index (χ1) is 8.25. The van der Waals surface area contributed by atoms with E-state index >= 15 is 0 Å². The molecule has 0 fully saturated rings. The van der Waals surface area contributed by atoms with Crippen molar-refractivity contribution in [2.24, 2.45) is 0 Å². The highest BCUT2D eigenvalue weighted by Gasteiger charge is 2.03. The average molecular weight is 229 g/mol. The van der Waals surface area contributed by atoms with Gasteiger partial charge in [-0.25, -0.2) is 4.79 Å². The molecule has 1 aromatic carbocycles. The van der Waals surface area contributed by atoms with Gasteiger partial charge in [0.2, 0.25) is 0 Å². The number of ether oxygens (including phenoxy) is 1. The van der Waals surface area contributed by atoms with Crippen LogP contribution < -0.4 is 4.74 Å². The van der Waals surface area contributed by atoms with Crippen molar-refractivity contribution >= 4 is 5.97 Å². The molecule has 1 heterocycles. The molecule has 0 saturated carbocycles. The summed E-state index contributed by atoms with van der Waals surface area (Å²) in [7, 11) is 0. The Labute approximate surface area is 98.5 Å². The number of nitrogens with zero attached hydrogens (tertiary/aromatic N) is 1. The van der Waals surface area contributed by atoms with Crippen LogP contribution in [0.1, 0.15) is 15.9 Å². The first-order valence-electron chi connectivity index (χ1n) is 5.11. The van der Waals surface area contributed by atoms with E-state index in [9.17, 15) is 4.79 Å². The molecule has 0 radical (unpaired) electrons. The molecule has 0 aliphatic rings. The van der Waals surface area contributed by atoms with E-state index < -0.39 is 5.97 Å². The fourth-order valence-electron chi connectivity index (χ4n) is 1.39. The van der Waals surface area contributed by atoms with E-state index in [1.807, 2.05) is 6.07 Å². The Bertz CT molecular complexity index is 511. The van der Waals surface area contributed by atoms with Crippen LogP contribution in [0.3, 0.4) is 0 Å². The number of aromatic carboxylic acids is 1. The van der Waals surface area contributed by atoms with Crippen LogP contribution in [-0.2, 0) is 6.61 Å². The molecule has 0 amide bonds. The third kappa shape index (κ3) is 3.04. The minimum absolute atomic E-state index is 0.261. The van der Waals surface area contributed by atoms with Gasteiger partial charge in [0.15, 0.2) is 0 Å². The van der Waals surface area contributed by atoms with Crippen molar-refractivity contribution in [3.8, 4) is 5.75 Å². The van der Waals surface area contributed by atoms with Crippen LogP contribution in [0.2, 0.25) is 0 Å². The summed E-state index contributed by atoms with van der Waals surface area (Å²) in [6.07, 6.45) is 3.28. The van der Waals surface area contributed by atoms with Crippen molar-refractivity contribution in [1.82, 2.24) is 4.98 Å². The maximum absolute atomic E-state index is 10.8. The van der Waals surface area contributed by atoms with Gasteiger partial charge in [0, 0.05) is 6.20 Å². The topological polar surface area (TPSA) is 59.4 Å². The molecule has 4 nitrogen and oxygen atoms in total. The van der Waals surface area contributed by atoms with Crippen molar-refractivity contribution < 1.29 is 14.6 Å². The van der Waals surface area contributed by atoms with E-state index in [-0.39, 0.29) is 5.56 Å². The molecule has 1 N–H and O–H groups in total. The minimum atomic E-state index is -0.937. The summed E-state index contributed by atoms with van der Waals surface area (Å²) in [4.78, 5) is 14.7. The summed E-state index contributed by atoms with van der Waals surface area (Å²) in [6.45, 7) is 0.326. The Morgan fingerprint density at radius 3 is 2.88 bits per heavy atom.